The molecule has 3 aliphatic rings. The number of benzene rings is 1. The first-order valence-corrected chi connectivity index (χ1v) is 12.7. The van der Waals surface area contributed by atoms with Crippen molar-refractivity contribution in [3.8, 4) is 0 Å². The van der Waals surface area contributed by atoms with E-state index >= 15 is 8.78 Å². The van der Waals surface area contributed by atoms with E-state index in [0.717, 1.165) is 0 Å². The van der Waals surface area contributed by atoms with Crippen molar-refractivity contribution in [2.24, 2.45) is 5.92 Å². The summed E-state index contributed by atoms with van der Waals surface area (Å²) >= 11 is 0. The lowest BCUT2D eigenvalue weighted by Crippen LogP contribution is -2.45. The number of amides is 1. The predicted molar refractivity (Wildman–Crippen MR) is 139 cm³/mol. The molecule has 2 aromatic rings. The first kappa shape index (κ1) is 14.7. The molecule has 3 fully saturated rings. The molecule has 2 saturated heterocycles. The monoisotopic (exact) mass is 526 g/mol. The molecule has 5 rings (SSSR count). The Kier molecular flexibility index (Phi) is 4.29. The molecular formula is C29H41F2N5O. The Morgan fingerprint density at radius 2 is 1.84 bits per heavy atom. The molecule has 37 heavy (non-hydrogen) atoms. The second kappa shape index (κ2) is 10.8. The molecule has 0 radical (unpaired) electrons. The molecule has 1 aliphatic carbocycles. The van der Waals surface area contributed by atoms with Gasteiger partial charge in [0.05, 0.1) is 6.04 Å². The number of rotatable bonds is 8. The van der Waals surface area contributed by atoms with Crippen molar-refractivity contribution in [3.05, 3.63) is 47.5 Å². The van der Waals surface area contributed by atoms with Crippen molar-refractivity contribution in [2.45, 2.75) is 114 Å². The number of hydrogen-bond acceptors (Lipinski definition) is 4. The summed E-state index contributed by atoms with van der Waals surface area (Å²) in [6, 6.07) is 5.54. The normalized spacial score (nSPS) is 38.3. The Morgan fingerprint density at radius 1 is 1.16 bits per heavy atom. The van der Waals surface area contributed by atoms with Crippen LogP contribution in [0.5, 0.6) is 0 Å². The van der Waals surface area contributed by atoms with Gasteiger partial charge in [-0.3, -0.25) is 9.69 Å². The van der Waals surface area contributed by atoms with Crippen LogP contribution in [0.4, 0.5) is 8.78 Å². The first-order valence-electron chi connectivity index (χ1n) is 19.2. The fraction of sp³-hybridized carbons (Fsp3) is 0.690. The van der Waals surface area contributed by atoms with Crippen LogP contribution in [0.15, 0.2) is 30.3 Å². The first-order chi connectivity index (χ1) is 22.7. The molecule has 202 valence electrons. The van der Waals surface area contributed by atoms with E-state index in [1.807, 2.05) is 13.8 Å². The zero-order chi connectivity index (χ0) is 37.6. The van der Waals surface area contributed by atoms with Gasteiger partial charge in [0, 0.05) is 67.0 Å². The second-order valence-corrected chi connectivity index (χ2v) is 10.2. The summed E-state index contributed by atoms with van der Waals surface area (Å²) in [6.07, 6.45) is -14.9. The highest BCUT2D eigenvalue weighted by Gasteiger charge is 2.42. The van der Waals surface area contributed by atoms with Crippen molar-refractivity contribution in [2.75, 3.05) is 6.50 Å². The average Bonchev–Trinajstić information content (AvgIpc) is 3.56. The van der Waals surface area contributed by atoms with Crippen LogP contribution in [0.2, 0.25) is 0 Å². The fourth-order valence-electron chi connectivity index (χ4n) is 5.59. The lowest BCUT2D eigenvalue weighted by atomic mass is 9.86. The van der Waals surface area contributed by atoms with Gasteiger partial charge in [0.15, 0.2) is 0 Å². The van der Waals surface area contributed by atoms with E-state index in [-0.39, 0.29) is 29.9 Å². The lowest BCUT2D eigenvalue weighted by molar-refractivity contribution is -0.130. The van der Waals surface area contributed by atoms with E-state index in [9.17, 15) is 7.54 Å². The maximum absolute atomic E-state index is 15.0. The summed E-state index contributed by atoms with van der Waals surface area (Å²) in [6.45, 7) is -0.943. The third-order valence-corrected chi connectivity index (χ3v) is 7.32. The standard InChI is InChI=1S/C29H41F2N5O/c1-19(2)27-34-33-20(3)36(27)25-17-23-9-10-24(18-25)35(23)16-13-26(21-7-5-4-6-8-21)32-28(37)22-11-14-29(30,31)15-12-22/h4-8,19,22-26H,9-18H2,1-3H3,(H,32,37)/i3D3,11D2,12D2,14D2,15D2,16D2. The molecule has 1 saturated carbocycles. The smallest absolute Gasteiger partial charge is 0.248 e. The number of halogens is 2. The molecule has 3 atom stereocenters. The SMILES string of the molecule is [2H]C([2H])([2H])c1nnc(C(C)C)n1C1CC2CCC(C1)N2C([2H])([2H])CC(NC(=O)C1C([2H])([2H])C([2H])([2H])C(F)(F)C([2H])([2H])C1([2H])[2H])c1ccccc1. The summed E-state index contributed by atoms with van der Waals surface area (Å²) in [7, 11) is 0. The number of aromatic nitrogens is 3. The van der Waals surface area contributed by atoms with E-state index in [2.05, 4.69) is 15.5 Å². The molecule has 6 nitrogen and oxygen atoms in total. The topological polar surface area (TPSA) is 63.1 Å². The minimum Gasteiger partial charge on any atom is -0.349 e. The van der Waals surface area contributed by atoms with Crippen molar-refractivity contribution >= 4 is 5.91 Å². The number of piperidine rings is 1. The highest BCUT2D eigenvalue weighted by atomic mass is 19.3. The van der Waals surface area contributed by atoms with Crippen molar-refractivity contribution in [1.82, 2.24) is 25.0 Å². The Morgan fingerprint density at radius 3 is 2.46 bits per heavy atom. The maximum atomic E-state index is 15.0. The quantitative estimate of drug-likeness (QED) is 0.462. The van der Waals surface area contributed by atoms with Gasteiger partial charge < -0.3 is 9.88 Å². The van der Waals surface area contributed by atoms with E-state index in [1.165, 1.54) is 12.1 Å². The summed E-state index contributed by atoms with van der Waals surface area (Å²) < 4.78 is 139. The molecule has 1 aromatic carbocycles. The third-order valence-electron chi connectivity index (χ3n) is 7.32. The summed E-state index contributed by atoms with van der Waals surface area (Å²) in [5.74, 6) is -9.37. The number of alkyl halides is 2. The fourth-order valence-corrected chi connectivity index (χ4v) is 5.59. The number of aryl methyl sites for hydroxylation is 1. The van der Waals surface area contributed by atoms with Gasteiger partial charge in [0.2, 0.25) is 11.8 Å². The number of hydrogen-bond donors (Lipinski definition) is 1. The second-order valence-electron chi connectivity index (χ2n) is 10.2. The molecule has 1 aromatic heterocycles. The van der Waals surface area contributed by atoms with Gasteiger partial charge in [-0.2, -0.15) is 0 Å². The average molecular weight is 527 g/mol. The molecule has 1 N–H and O–H groups in total. The van der Waals surface area contributed by atoms with Gasteiger partial charge in [-0.15, -0.1) is 10.2 Å². The minimum absolute atomic E-state index is 0.130. The Bertz CT molecular complexity index is 1540. The zero-order valence-electron chi connectivity index (χ0n) is 33.8. The van der Waals surface area contributed by atoms with Crippen LogP contribution < -0.4 is 5.32 Å². The molecular weight excluding hydrogens is 472 g/mol. The Balaban J connectivity index is 1.45. The van der Waals surface area contributed by atoms with Crippen LogP contribution in [-0.4, -0.2) is 50.1 Å². The Labute approximate surface area is 237 Å². The molecule has 1 amide bonds. The van der Waals surface area contributed by atoms with Gasteiger partial charge in [-0.05, 0) is 57.3 Å². The molecule has 2 aliphatic heterocycles. The largest absolute Gasteiger partial charge is 0.349 e. The van der Waals surface area contributed by atoms with Gasteiger partial charge in [-0.25, -0.2) is 8.78 Å². The lowest BCUT2D eigenvalue weighted by Gasteiger charge is -2.40. The van der Waals surface area contributed by atoms with E-state index < -0.39 is 69.1 Å². The van der Waals surface area contributed by atoms with Crippen LogP contribution in [0.1, 0.15) is 124 Å². The predicted octanol–water partition coefficient (Wildman–Crippen LogP) is 5.95. The van der Waals surface area contributed by atoms with Gasteiger partial charge in [0.1, 0.15) is 11.6 Å². The minimum atomic E-state index is -5.15. The van der Waals surface area contributed by atoms with Crippen molar-refractivity contribution < 1.29 is 31.4 Å². The van der Waals surface area contributed by atoms with Crippen molar-refractivity contribution in [1.29, 1.82) is 0 Å². The summed E-state index contributed by atoms with van der Waals surface area (Å²) in [5, 5.41) is 10.5. The molecule has 0 spiro atoms. The van der Waals surface area contributed by atoms with E-state index in [1.54, 1.807) is 27.7 Å². The van der Waals surface area contributed by atoms with E-state index in [4.69, 9.17) is 15.1 Å². The van der Waals surface area contributed by atoms with Crippen LogP contribution in [0.3, 0.4) is 0 Å². The van der Waals surface area contributed by atoms with Crippen LogP contribution in [0.25, 0.3) is 0 Å². The zero-order valence-corrected chi connectivity index (χ0v) is 20.8. The number of fused-ring (bicyclic) bond motifs is 2. The third kappa shape index (κ3) is 5.74. The van der Waals surface area contributed by atoms with Gasteiger partial charge in [0.25, 0.3) is 0 Å². The van der Waals surface area contributed by atoms with Gasteiger partial charge in [-0.1, -0.05) is 44.2 Å². The van der Waals surface area contributed by atoms with Crippen LogP contribution in [-0.2, 0) is 4.79 Å². The molecule has 2 bridgehead atoms. The number of carbonyl (C=O) groups excluding carboxylic acids is 1. The number of nitrogens with zero attached hydrogens (tertiary/aromatic N) is 4. The Hall–Kier alpha value is -2.35. The number of carbonyl (C=O) groups is 1. The van der Waals surface area contributed by atoms with Crippen LogP contribution >= 0.6 is 0 Å². The van der Waals surface area contributed by atoms with Gasteiger partial charge >= 0.3 is 0 Å². The van der Waals surface area contributed by atoms with E-state index in [0.29, 0.717) is 37.1 Å². The maximum Gasteiger partial charge on any atom is 0.248 e. The summed E-state index contributed by atoms with van der Waals surface area (Å²) in [5.41, 5.74) is 0.314. The molecule has 8 heteroatoms. The molecule has 3 heterocycles. The van der Waals surface area contributed by atoms with Crippen molar-refractivity contribution in [3.63, 3.8) is 0 Å². The van der Waals surface area contributed by atoms with Crippen LogP contribution in [0, 0.1) is 12.8 Å². The summed E-state index contributed by atoms with van der Waals surface area (Å²) in [4.78, 5) is 15.5. The molecule has 3 unspecified atom stereocenters. The highest BCUT2D eigenvalue weighted by molar-refractivity contribution is 5.79. The number of nitrogens with one attached hydrogen (secondary N) is 1. The highest BCUT2D eigenvalue weighted by Crippen LogP contribution is 2.42.